The number of carbonyl (C=O) groups is 3. The Morgan fingerprint density at radius 1 is 1.11 bits per heavy atom. The summed E-state index contributed by atoms with van der Waals surface area (Å²) in [5.41, 5.74) is 2.96. The fourth-order valence-corrected chi connectivity index (χ4v) is 3.95. The average molecular weight is 491 g/mol. The molecule has 2 aromatic carbocycles. The third kappa shape index (κ3) is 7.51. The lowest BCUT2D eigenvalue weighted by molar-refractivity contribution is -0.116. The van der Waals surface area contributed by atoms with Crippen molar-refractivity contribution in [2.75, 3.05) is 11.9 Å². The number of halogens is 1. The van der Waals surface area contributed by atoms with E-state index in [1.807, 2.05) is 29.8 Å². The number of rotatable bonds is 13. The van der Waals surface area contributed by atoms with E-state index in [-0.39, 0.29) is 30.1 Å². The number of nitrogens with zero attached hydrogens (tertiary/aromatic N) is 2. The van der Waals surface area contributed by atoms with E-state index in [2.05, 4.69) is 27.6 Å². The summed E-state index contributed by atoms with van der Waals surface area (Å²) < 4.78 is 16.6. The fraction of sp³-hybridized carbons (Fsp3) is 0.357. The van der Waals surface area contributed by atoms with Crippen molar-refractivity contribution in [2.24, 2.45) is 0 Å². The van der Waals surface area contributed by atoms with Crippen LogP contribution in [0.5, 0.6) is 0 Å². The van der Waals surface area contributed by atoms with Crippen molar-refractivity contribution in [3.05, 3.63) is 59.0 Å². The average Bonchev–Trinajstić information content (AvgIpc) is 3.19. The molecule has 3 rings (SSSR count). The van der Waals surface area contributed by atoms with Crippen LogP contribution in [0, 0.1) is 24.6 Å². The smallest absolute Gasteiger partial charge is 0.226 e. The molecular weight excluding hydrogens is 459 g/mol. The van der Waals surface area contributed by atoms with E-state index in [1.165, 1.54) is 6.07 Å². The van der Waals surface area contributed by atoms with Gasteiger partial charge < -0.3 is 10.6 Å². The first-order valence-corrected chi connectivity index (χ1v) is 12.2. The molecule has 0 aliphatic carbocycles. The summed E-state index contributed by atoms with van der Waals surface area (Å²) in [6.07, 6.45) is 7.22. The standard InChI is InChI=1S/C28H31FN4O3/c1-21-24-14-13-22(19-34)18-26(24)33(32-21)17-8-6-4-2-3-5-7-10-23-11-9-12-25(28(23)29)31-27(36)15-16-30-20-35/h9,11-14,18-20H,2-6,8,15-17H2,1H3,(H,30,35)(H,31,36). The van der Waals surface area contributed by atoms with Crippen LogP contribution in [0.3, 0.4) is 0 Å². The first-order chi connectivity index (χ1) is 17.5. The van der Waals surface area contributed by atoms with Gasteiger partial charge in [-0.3, -0.25) is 19.1 Å². The number of nitrogens with one attached hydrogen (secondary N) is 2. The molecule has 0 atom stereocenters. The lowest BCUT2D eigenvalue weighted by Crippen LogP contribution is -2.21. The number of aryl methyl sites for hydroxylation is 2. The number of hydrogen-bond donors (Lipinski definition) is 2. The van der Waals surface area contributed by atoms with Gasteiger partial charge in [-0.2, -0.15) is 5.10 Å². The van der Waals surface area contributed by atoms with Gasteiger partial charge in [-0.1, -0.05) is 49.3 Å². The molecular formula is C28H31FN4O3. The molecule has 36 heavy (non-hydrogen) atoms. The van der Waals surface area contributed by atoms with Crippen molar-refractivity contribution in [3.63, 3.8) is 0 Å². The van der Waals surface area contributed by atoms with Crippen molar-refractivity contribution >= 4 is 35.2 Å². The molecule has 2 N–H and O–H groups in total. The van der Waals surface area contributed by atoms with E-state index in [4.69, 9.17) is 0 Å². The van der Waals surface area contributed by atoms with E-state index in [0.717, 1.165) is 61.5 Å². The van der Waals surface area contributed by atoms with Crippen LogP contribution >= 0.6 is 0 Å². The second-order valence-corrected chi connectivity index (χ2v) is 8.56. The lowest BCUT2D eigenvalue weighted by atomic mass is 10.1. The minimum absolute atomic E-state index is 0.0629. The molecule has 7 nitrogen and oxygen atoms in total. The van der Waals surface area contributed by atoms with Crippen LogP contribution in [-0.4, -0.2) is 34.9 Å². The number of fused-ring (bicyclic) bond motifs is 1. The largest absolute Gasteiger partial charge is 0.358 e. The molecule has 0 bridgehead atoms. The Balaban J connectivity index is 1.38. The summed E-state index contributed by atoms with van der Waals surface area (Å²) in [4.78, 5) is 33.2. The Labute approximate surface area is 210 Å². The zero-order valence-corrected chi connectivity index (χ0v) is 20.5. The molecule has 188 valence electrons. The van der Waals surface area contributed by atoms with Gasteiger partial charge in [0.25, 0.3) is 0 Å². The van der Waals surface area contributed by atoms with E-state index in [0.29, 0.717) is 18.4 Å². The quantitative estimate of drug-likeness (QED) is 0.205. The van der Waals surface area contributed by atoms with E-state index in [9.17, 15) is 18.8 Å². The van der Waals surface area contributed by atoms with Crippen molar-refractivity contribution in [1.82, 2.24) is 15.1 Å². The number of unbranched alkanes of at least 4 members (excludes halogenated alkanes) is 5. The van der Waals surface area contributed by atoms with Crippen molar-refractivity contribution < 1.29 is 18.8 Å². The first kappa shape index (κ1) is 26.6. The van der Waals surface area contributed by atoms with Crippen LogP contribution in [0.25, 0.3) is 10.9 Å². The third-order valence-electron chi connectivity index (χ3n) is 5.84. The SMILES string of the molecule is Cc1nn(CCCCCCCC#Cc2cccc(NC(=O)CCNC=O)c2F)c2cc(C=O)ccc12. The molecule has 0 saturated carbocycles. The Hall–Kier alpha value is -3.99. The van der Waals surface area contributed by atoms with Gasteiger partial charge >= 0.3 is 0 Å². The summed E-state index contributed by atoms with van der Waals surface area (Å²) >= 11 is 0. The van der Waals surface area contributed by atoms with Crippen LogP contribution in [0.15, 0.2) is 36.4 Å². The topological polar surface area (TPSA) is 93.1 Å². The maximum absolute atomic E-state index is 14.6. The Morgan fingerprint density at radius 3 is 2.72 bits per heavy atom. The molecule has 0 aliphatic heterocycles. The monoisotopic (exact) mass is 490 g/mol. The van der Waals surface area contributed by atoms with Gasteiger partial charge in [0.05, 0.1) is 22.5 Å². The number of aldehydes is 1. The fourth-order valence-electron chi connectivity index (χ4n) is 3.95. The van der Waals surface area contributed by atoms with E-state index < -0.39 is 5.82 Å². The molecule has 3 aromatic rings. The second kappa shape index (κ2) is 13.8. The summed E-state index contributed by atoms with van der Waals surface area (Å²) in [5, 5.41) is 10.6. The molecule has 0 saturated heterocycles. The van der Waals surface area contributed by atoms with Gasteiger partial charge in [-0.05, 0) is 38.0 Å². The maximum atomic E-state index is 14.6. The Bertz CT molecular complexity index is 1270. The number of aromatic nitrogens is 2. The number of anilines is 1. The van der Waals surface area contributed by atoms with Gasteiger partial charge in [-0.15, -0.1) is 0 Å². The summed E-state index contributed by atoms with van der Waals surface area (Å²) in [5.74, 6) is 4.95. The van der Waals surface area contributed by atoms with Gasteiger partial charge in [0.2, 0.25) is 12.3 Å². The second-order valence-electron chi connectivity index (χ2n) is 8.56. The summed E-state index contributed by atoms with van der Waals surface area (Å²) in [6.45, 7) is 2.99. The molecule has 2 amide bonds. The Morgan fingerprint density at radius 2 is 1.92 bits per heavy atom. The highest BCUT2D eigenvalue weighted by Gasteiger charge is 2.10. The molecule has 1 aromatic heterocycles. The summed E-state index contributed by atoms with van der Waals surface area (Å²) in [7, 11) is 0. The zero-order valence-electron chi connectivity index (χ0n) is 20.5. The number of carbonyl (C=O) groups excluding carboxylic acids is 3. The van der Waals surface area contributed by atoms with E-state index in [1.54, 1.807) is 12.1 Å². The van der Waals surface area contributed by atoms with Gasteiger partial charge in [0.15, 0.2) is 5.82 Å². The van der Waals surface area contributed by atoms with Gasteiger partial charge in [0.1, 0.15) is 6.29 Å². The molecule has 0 fully saturated rings. The third-order valence-corrected chi connectivity index (χ3v) is 5.84. The van der Waals surface area contributed by atoms with Crippen LogP contribution in [-0.2, 0) is 16.1 Å². The molecule has 0 unspecified atom stereocenters. The van der Waals surface area contributed by atoms with Gasteiger partial charge in [0, 0.05) is 36.9 Å². The Kier molecular flexibility index (Phi) is 10.2. The van der Waals surface area contributed by atoms with Crippen LogP contribution in [0.4, 0.5) is 10.1 Å². The minimum Gasteiger partial charge on any atom is -0.358 e. The highest BCUT2D eigenvalue weighted by Crippen LogP contribution is 2.20. The maximum Gasteiger partial charge on any atom is 0.226 e. The number of amides is 2. The lowest BCUT2D eigenvalue weighted by Gasteiger charge is -2.07. The highest BCUT2D eigenvalue weighted by atomic mass is 19.1. The first-order valence-electron chi connectivity index (χ1n) is 12.2. The van der Waals surface area contributed by atoms with Crippen molar-refractivity contribution in [1.29, 1.82) is 0 Å². The van der Waals surface area contributed by atoms with Gasteiger partial charge in [-0.25, -0.2) is 4.39 Å². The summed E-state index contributed by atoms with van der Waals surface area (Å²) in [6, 6.07) is 10.4. The number of benzene rings is 2. The number of hydrogen-bond acceptors (Lipinski definition) is 4. The normalized spacial score (nSPS) is 10.5. The zero-order chi connectivity index (χ0) is 25.8. The highest BCUT2D eigenvalue weighted by molar-refractivity contribution is 5.91. The van der Waals surface area contributed by atoms with E-state index >= 15 is 0 Å². The predicted octanol–water partition coefficient (Wildman–Crippen LogP) is 4.76. The van der Waals surface area contributed by atoms with Crippen molar-refractivity contribution in [2.45, 2.75) is 58.4 Å². The van der Waals surface area contributed by atoms with Crippen LogP contribution in [0.2, 0.25) is 0 Å². The predicted molar refractivity (Wildman–Crippen MR) is 138 cm³/mol. The molecule has 0 spiro atoms. The van der Waals surface area contributed by atoms with Crippen LogP contribution in [0.1, 0.15) is 66.6 Å². The molecule has 1 heterocycles. The minimum atomic E-state index is -0.552. The van der Waals surface area contributed by atoms with Crippen molar-refractivity contribution in [3.8, 4) is 11.8 Å². The molecule has 8 heteroatoms. The molecule has 0 aliphatic rings. The molecule has 0 radical (unpaired) electrons. The van der Waals surface area contributed by atoms with Crippen LogP contribution < -0.4 is 10.6 Å².